The molecule has 0 aromatic rings. The van der Waals surface area contributed by atoms with Crippen LogP contribution in [-0.2, 0) is 14.3 Å². The van der Waals surface area contributed by atoms with Crippen molar-refractivity contribution in [2.75, 3.05) is 0 Å². The quantitative estimate of drug-likeness (QED) is 0.566. The lowest BCUT2D eigenvalue weighted by atomic mass is 10.1. The number of halogens is 11. The van der Waals surface area contributed by atoms with Gasteiger partial charge >= 0.3 is 40.0 Å². The minimum absolute atomic E-state index is 2.00. The van der Waals surface area contributed by atoms with Gasteiger partial charge in [-0.15, -0.1) is 0 Å². The molecule has 0 fully saturated rings. The molecule has 0 heterocycles. The summed E-state index contributed by atoms with van der Waals surface area (Å²) in [6.07, 6.45) is -7.28. The molecule has 0 aromatic heterocycles. The van der Waals surface area contributed by atoms with Crippen LogP contribution in [0.5, 0.6) is 0 Å². The van der Waals surface area contributed by atoms with Crippen LogP contribution in [0.1, 0.15) is 0 Å². The van der Waals surface area contributed by atoms with Crippen LogP contribution < -0.4 is 0 Å². The zero-order valence-corrected chi connectivity index (χ0v) is 9.18. The van der Waals surface area contributed by atoms with Crippen LogP contribution in [0, 0.1) is 0 Å². The van der Waals surface area contributed by atoms with Crippen molar-refractivity contribution >= 4 is 10.1 Å². The van der Waals surface area contributed by atoms with Crippen LogP contribution in [-0.4, -0.2) is 38.3 Å². The molecule has 0 unspecified atom stereocenters. The van der Waals surface area contributed by atoms with Gasteiger partial charge in [0, 0.05) is 0 Å². The standard InChI is InChI=1S/C5HF11O3S/c6-1(7)19-20(17,18)5(15,16)3(10,11)2(8,9)4(12,13)14/h1H. The number of hydrogen-bond donors (Lipinski definition) is 0. The van der Waals surface area contributed by atoms with E-state index in [1.54, 1.807) is 0 Å². The van der Waals surface area contributed by atoms with Crippen molar-refractivity contribution in [3.63, 3.8) is 0 Å². The smallest absolute Gasteiger partial charge is 0.198 e. The van der Waals surface area contributed by atoms with Gasteiger partial charge in [-0.25, -0.2) is 0 Å². The van der Waals surface area contributed by atoms with Gasteiger partial charge < -0.3 is 0 Å². The number of alkyl halides is 11. The Balaban J connectivity index is 5.95. The Morgan fingerprint density at radius 3 is 1.35 bits per heavy atom. The van der Waals surface area contributed by atoms with Gasteiger partial charge in [0.2, 0.25) is 0 Å². The first-order chi connectivity index (χ1) is 8.42. The third-order valence-electron chi connectivity index (χ3n) is 1.63. The average molecular weight is 350 g/mol. The first-order valence-electron chi connectivity index (χ1n) is 3.83. The summed E-state index contributed by atoms with van der Waals surface area (Å²) < 4.78 is 155. The normalized spacial score (nSPS) is 15.8. The molecule has 0 aliphatic rings. The molecular formula is C5HF11O3S. The van der Waals surface area contributed by atoms with Crippen LogP contribution >= 0.6 is 0 Å². The molecule has 0 bridgehead atoms. The highest BCUT2D eigenvalue weighted by Crippen LogP contribution is 2.55. The van der Waals surface area contributed by atoms with Gasteiger partial charge in [-0.2, -0.15) is 60.9 Å². The lowest BCUT2D eigenvalue weighted by Gasteiger charge is -2.32. The largest absolute Gasteiger partial charge is 0.460 e. The van der Waals surface area contributed by atoms with Crippen molar-refractivity contribution < 1.29 is 60.9 Å². The van der Waals surface area contributed by atoms with Gasteiger partial charge in [-0.1, -0.05) is 0 Å². The zero-order valence-electron chi connectivity index (χ0n) is 8.37. The Bertz CT molecular complexity index is 449. The molecule has 15 heteroatoms. The monoisotopic (exact) mass is 350 g/mol. The molecule has 3 nitrogen and oxygen atoms in total. The summed E-state index contributed by atoms with van der Waals surface area (Å²) >= 11 is 0. The van der Waals surface area contributed by atoms with E-state index in [1.165, 1.54) is 0 Å². The SMILES string of the molecule is O=S(=O)(OC(F)F)C(F)(F)C(F)(F)C(F)(F)C(F)(F)F. The van der Waals surface area contributed by atoms with Crippen molar-refractivity contribution in [2.45, 2.75) is 29.9 Å². The van der Waals surface area contributed by atoms with E-state index in [2.05, 4.69) is 0 Å². The second kappa shape index (κ2) is 4.85. The fraction of sp³-hybridized carbons (Fsp3) is 1.00. The predicted molar refractivity (Wildman–Crippen MR) is 36.9 cm³/mol. The molecular weight excluding hydrogens is 349 g/mol. The van der Waals surface area contributed by atoms with Crippen molar-refractivity contribution in [1.82, 2.24) is 0 Å². The number of hydrogen-bond acceptors (Lipinski definition) is 3. The van der Waals surface area contributed by atoms with E-state index >= 15 is 0 Å². The molecule has 0 saturated carbocycles. The summed E-state index contributed by atoms with van der Waals surface area (Å²) in [5.41, 5.74) is 0. The summed E-state index contributed by atoms with van der Waals surface area (Å²) in [6.45, 7) is -4.68. The van der Waals surface area contributed by atoms with Gasteiger partial charge in [0.25, 0.3) is 0 Å². The highest BCUT2D eigenvalue weighted by atomic mass is 32.2. The Kier molecular flexibility index (Phi) is 4.64. The number of rotatable bonds is 5. The predicted octanol–water partition coefficient (Wildman–Crippen LogP) is 2.98. The zero-order chi connectivity index (χ0) is 16.8. The Labute approximate surface area is 102 Å². The second-order valence-corrected chi connectivity index (χ2v) is 4.59. The van der Waals surface area contributed by atoms with E-state index < -0.39 is 40.0 Å². The fourth-order valence-corrected chi connectivity index (χ4v) is 1.43. The Morgan fingerprint density at radius 2 is 1.10 bits per heavy atom. The maximum atomic E-state index is 12.6. The summed E-state index contributed by atoms with van der Waals surface area (Å²) in [4.78, 5) is 0. The molecule has 0 aliphatic heterocycles. The first kappa shape index (κ1) is 19.1. The van der Waals surface area contributed by atoms with Gasteiger partial charge in [-0.3, -0.25) is 0 Å². The molecule has 0 N–H and O–H groups in total. The fourth-order valence-electron chi connectivity index (χ4n) is 0.674. The minimum Gasteiger partial charge on any atom is -0.198 e. The Hall–Kier alpha value is -0.860. The van der Waals surface area contributed by atoms with Crippen LogP contribution in [0.2, 0.25) is 0 Å². The molecule has 122 valence electrons. The van der Waals surface area contributed by atoms with Crippen LogP contribution in [0.25, 0.3) is 0 Å². The highest BCUT2D eigenvalue weighted by molar-refractivity contribution is 7.87. The van der Waals surface area contributed by atoms with Crippen molar-refractivity contribution in [1.29, 1.82) is 0 Å². The van der Waals surface area contributed by atoms with Gasteiger partial charge in [-0.05, 0) is 0 Å². The topological polar surface area (TPSA) is 43.4 Å². The van der Waals surface area contributed by atoms with E-state index in [1.807, 2.05) is 4.18 Å². The van der Waals surface area contributed by atoms with Crippen molar-refractivity contribution in [2.24, 2.45) is 0 Å². The molecule has 0 atom stereocenters. The van der Waals surface area contributed by atoms with E-state index in [9.17, 15) is 56.7 Å². The summed E-state index contributed by atoms with van der Waals surface area (Å²) in [5, 5.41) is -7.27. The third kappa shape index (κ3) is 2.77. The van der Waals surface area contributed by atoms with Crippen LogP contribution in [0.3, 0.4) is 0 Å². The molecule has 20 heavy (non-hydrogen) atoms. The molecule has 0 amide bonds. The minimum atomic E-state index is -7.59. The lowest BCUT2D eigenvalue weighted by molar-refractivity contribution is -0.383. The molecule has 0 spiro atoms. The van der Waals surface area contributed by atoms with E-state index in [-0.39, 0.29) is 0 Å². The van der Waals surface area contributed by atoms with E-state index in [4.69, 9.17) is 0 Å². The second-order valence-electron chi connectivity index (χ2n) is 2.97. The highest BCUT2D eigenvalue weighted by Gasteiger charge is 2.86. The summed E-state index contributed by atoms with van der Waals surface area (Å²) in [6, 6.07) is 0. The van der Waals surface area contributed by atoms with Crippen LogP contribution in [0.15, 0.2) is 0 Å². The van der Waals surface area contributed by atoms with Crippen LogP contribution in [0.4, 0.5) is 48.3 Å². The first-order valence-corrected chi connectivity index (χ1v) is 5.24. The Morgan fingerprint density at radius 1 is 0.750 bits per heavy atom. The van der Waals surface area contributed by atoms with Gasteiger partial charge in [0.05, 0.1) is 0 Å². The third-order valence-corrected chi connectivity index (χ3v) is 2.91. The summed E-state index contributed by atoms with van der Waals surface area (Å²) in [5.74, 6) is -15.1. The molecule has 0 rings (SSSR count). The molecule has 0 radical (unpaired) electrons. The average Bonchev–Trinajstić information content (AvgIpc) is 2.12. The maximum Gasteiger partial charge on any atom is 0.460 e. The molecule has 0 aliphatic carbocycles. The lowest BCUT2D eigenvalue weighted by Crippen LogP contribution is -2.63. The molecule has 0 saturated heterocycles. The van der Waals surface area contributed by atoms with Crippen molar-refractivity contribution in [3.8, 4) is 0 Å². The van der Waals surface area contributed by atoms with E-state index in [0.717, 1.165) is 0 Å². The van der Waals surface area contributed by atoms with Gasteiger partial charge in [0.1, 0.15) is 0 Å². The van der Waals surface area contributed by atoms with E-state index in [0.29, 0.717) is 0 Å². The molecule has 0 aromatic carbocycles. The van der Waals surface area contributed by atoms with Gasteiger partial charge in [0.15, 0.2) is 0 Å². The maximum absolute atomic E-state index is 12.6. The summed E-state index contributed by atoms with van der Waals surface area (Å²) in [7, 11) is -7.47. The van der Waals surface area contributed by atoms with Crippen molar-refractivity contribution in [3.05, 3.63) is 0 Å².